The lowest BCUT2D eigenvalue weighted by Gasteiger charge is -2.36. The van der Waals surface area contributed by atoms with E-state index in [0.29, 0.717) is 30.0 Å². The second-order valence-corrected chi connectivity index (χ2v) is 8.12. The standard InChI is InChI=1S/C18H30N2O.ClH/c1-20(15-9-13-7-8-14(10-15)19-13)18(21)17-11-16(17)12-5-3-2-4-6-12;/h12-17,19H,2-11H2,1H3;1H. The number of nitrogens with one attached hydrogen (secondary N) is 1. The minimum Gasteiger partial charge on any atom is -0.342 e. The predicted octanol–water partition coefficient (Wildman–Crippen LogP) is 3.37. The number of carbonyl (C=O) groups excluding carboxylic acids is 1. The number of halogens is 1. The fourth-order valence-electron chi connectivity index (χ4n) is 5.37. The molecule has 2 heterocycles. The quantitative estimate of drug-likeness (QED) is 0.862. The molecule has 2 bridgehead atoms. The number of hydrogen-bond donors (Lipinski definition) is 1. The van der Waals surface area contributed by atoms with Crippen molar-refractivity contribution in [2.45, 2.75) is 82.3 Å². The van der Waals surface area contributed by atoms with Crippen LogP contribution in [0.15, 0.2) is 0 Å². The van der Waals surface area contributed by atoms with E-state index < -0.39 is 0 Å². The molecule has 2 aliphatic heterocycles. The molecule has 0 aromatic heterocycles. The average molecular weight is 327 g/mol. The molecule has 0 aromatic carbocycles. The van der Waals surface area contributed by atoms with Crippen LogP contribution in [-0.4, -0.2) is 36.0 Å². The van der Waals surface area contributed by atoms with Crippen molar-refractivity contribution in [1.29, 1.82) is 0 Å². The lowest BCUT2D eigenvalue weighted by Crippen LogP contribution is -2.49. The van der Waals surface area contributed by atoms with E-state index in [4.69, 9.17) is 0 Å². The van der Waals surface area contributed by atoms with Gasteiger partial charge in [0.25, 0.3) is 0 Å². The summed E-state index contributed by atoms with van der Waals surface area (Å²) < 4.78 is 0. The van der Waals surface area contributed by atoms with Crippen LogP contribution in [0.2, 0.25) is 0 Å². The minimum atomic E-state index is 0. The molecule has 0 spiro atoms. The van der Waals surface area contributed by atoms with E-state index in [1.165, 1.54) is 64.2 Å². The number of piperidine rings is 1. The molecular weight excluding hydrogens is 296 g/mol. The first-order valence-electron chi connectivity index (χ1n) is 9.25. The van der Waals surface area contributed by atoms with Gasteiger partial charge in [0, 0.05) is 31.1 Å². The molecule has 1 N–H and O–H groups in total. The van der Waals surface area contributed by atoms with Crippen molar-refractivity contribution in [3.63, 3.8) is 0 Å². The monoisotopic (exact) mass is 326 g/mol. The summed E-state index contributed by atoms with van der Waals surface area (Å²) in [4.78, 5) is 14.9. The van der Waals surface area contributed by atoms with Gasteiger partial charge in [-0.3, -0.25) is 4.79 Å². The molecule has 4 atom stereocenters. The Labute approximate surface area is 141 Å². The maximum atomic E-state index is 12.8. The van der Waals surface area contributed by atoms with Crippen molar-refractivity contribution in [3.05, 3.63) is 0 Å². The fraction of sp³-hybridized carbons (Fsp3) is 0.944. The molecule has 126 valence electrons. The van der Waals surface area contributed by atoms with E-state index in [9.17, 15) is 4.79 Å². The van der Waals surface area contributed by atoms with Crippen molar-refractivity contribution < 1.29 is 4.79 Å². The predicted molar refractivity (Wildman–Crippen MR) is 91.2 cm³/mol. The number of hydrogen-bond acceptors (Lipinski definition) is 2. The zero-order valence-corrected chi connectivity index (χ0v) is 14.6. The minimum absolute atomic E-state index is 0. The van der Waals surface area contributed by atoms with E-state index in [1.807, 2.05) is 0 Å². The van der Waals surface area contributed by atoms with Crippen LogP contribution in [-0.2, 0) is 4.79 Å². The Morgan fingerprint density at radius 1 is 0.955 bits per heavy atom. The van der Waals surface area contributed by atoms with E-state index in [0.717, 1.165) is 11.8 Å². The molecule has 4 rings (SSSR count). The lowest BCUT2D eigenvalue weighted by atomic mass is 9.85. The second kappa shape index (κ2) is 6.68. The number of nitrogens with zero attached hydrogens (tertiary/aromatic N) is 1. The summed E-state index contributed by atoms with van der Waals surface area (Å²) in [5, 5.41) is 3.68. The maximum Gasteiger partial charge on any atom is 0.225 e. The third-order valence-corrected chi connectivity index (χ3v) is 6.76. The van der Waals surface area contributed by atoms with Gasteiger partial charge in [0.1, 0.15) is 0 Å². The van der Waals surface area contributed by atoms with Crippen molar-refractivity contribution in [2.24, 2.45) is 17.8 Å². The first-order valence-corrected chi connectivity index (χ1v) is 9.25. The van der Waals surface area contributed by atoms with Gasteiger partial charge >= 0.3 is 0 Å². The molecule has 22 heavy (non-hydrogen) atoms. The molecule has 2 saturated carbocycles. The molecule has 4 aliphatic rings. The molecule has 1 amide bonds. The van der Waals surface area contributed by atoms with Crippen LogP contribution in [0.25, 0.3) is 0 Å². The highest BCUT2D eigenvalue weighted by molar-refractivity contribution is 5.85. The van der Waals surface area contributed by atoms with Gasteiger partial charge in [-0.05, 0) is 43.9 Å². The van der Waals surface area contributed by atoms with Gasteiger partial charge in [-0.2, -0.15) is 0 Å². The zero-order chi connectivity index (χ0) is 14.4. The van der Waals surface area contributed by atoms with Gasteiger partial charge < -0.3 is 10.2 Å². The van der Waals surface area contributed by atoms with E-state index in [-0.39, 0.29) is 12.4 Å². The molecular formula is C18H31ClN2O. The smallest absolute Gasteiger partial charge is 0.225 e. The van der Waals surface area contributed by atoms with Crippen molar-refractivity contribution in [2.75, 3.05) is 7.05 Å². The summed E-state index contributed by atoms with van der Waals surface area (Å²) in [6.45, 7) is 0. The van der Waals surface area contributed by atoms with Crippen LogP contribution < -0.4 is 5.32 Å². The van der Waals surface area contributed by atoms with Gasteiger partial charge in [0.15, 0.2) is 0 Å². The SMILES string of the molecule is CN(C(=O)C1CC1C1CCCCC1)C1CC2CCC(C1)N2.Cl. The summed E-state index contributed by atoms with van der Waals surface area (Å²) >= 11 is 0. The average Bonchev–Trinajstić information content (AvgIpc) is 3.26. The van der Waals surface area contributed by atoms with Gasteiger partial charge in [-0.15, -0.1) is 12.4 Å². The molecule has 4 heteroatoms. The van der Waals surface area contributed by atoms with Crippen LogP contribution in [0, 0.1) is 17.8 Å². The fourth-order valence-corrected chi connectivity index (χ4v) is 5.37. The molecule has 2 aliphatic carbocycles. The van der Waals surface area contributed by atoms with Gasteiger partial charge in [0.2, 0.25) is 5.91 Å². The van der Waals surface area contributed by atoms with Crippen molar-refractivity contribution in [1.82, 2.24) is 10.2 Å². The zero-order valence-electron chi connectivity index (χ0n) is 13.8. The molecule has 4 unspecified atom stereocenters. The Balaban J connectivity index is 0.00000144. The topological polar surface area (TPSA) is 32.3 Å². The summed E-state index contributed by atoms with van der Waals surface area (Å²) in [6, 6.07) is 1.86. The number of rotatable bonds is 3. The Hall–Kier alpha value is -0.280. The maximum absolute atomic E-state index is 12.8. The molecule has 2 saturated heterocycles. The van der Waals surface area contributed by atoms with E-state index >= 15 is 0 Å². The highest BCUT2D eigenvalue weighted by atomic mass is 35.5. The molecule has 0 aromatic rings. The third kappa shape index (κ3) is 3.17. The summed E-state index contributed by atoms with van der Waals surface area (Å²) in [6.07, 6.45) is 13.2. The van der Waals surface area contributed by atoms with E-state index in [1.54, 1.807) is 0 Å². The number of carbonyl (C=O) groups is 1. The van der Waals surface area contributed by atoms with Crippen molar-refractivity contribution in [3.8, 4) is 0 Å². The van der Waals surface area contributed by atoms with Crippen molar-refractivity contribution >= 4 is 18.3 Å². The molecule has 0 radical (unpaired) electrons. The van der Waals surface area contributed by atoms with Crippen LogP contribution in [0.5, 0.6) is 0 Å². The number of amides is 1. The number of fused-ring (bicyclic) bond motifs is 2. The third-order valence-electron chi connectivity index (χ3n) is 6.76. The normalized spacial score (nSPS) is 40.9. The summed E-state index contributed by atoms with van der Waals surface area (Å²) in [5.74, 6) is 2.45. The Morgan fingerprint density at radius 2 is 1.59 bits per heavy atom. The molecule has 4 fully saturated rings. The van der Waals surface area contributed by atoms with Crippen LogP contribution in [0.1, 0.15) is 64.2 Å². The Morgan fingerprint density at radius 3 is 2.23 bits per heavy atom. The molecule has 3 nitrogen and oxygen atoms in total. The van der Waals surface area contributed by atoms with Crippen LogP contribution in [0.4, 0.5) is 0 Å². The second-order valence-electron chi connectivity index (χ2n) is 8.12. The first-order chi connectivity index (χ1) is 10.2. The first kappa shape index (κ1) is 16.6. The van der Waals surface area contributed by atoms with Gasteiger partial charge in [0.05, 0.1) is 0 Å². The highest BCUT2D eigenvalue weighted by Crippen LogP contribution is 2.50. The highest BCUT2D eigenvalue weighted by Gasteiger charge is 2.49. The Bertz CT molecular complexity index is 398. The van der Waals surface area contributed by atoms with Gasteiger partial charge in [-0.25, -0.2) is 0 Å². The van der Waals surface area contributed by atoms with E-state index in [2.05, 4.69) is 17.3 Å². The lowest BCUT2D eigenvalue weighted by molar-refractivity contribution is -0.134. The largest absolute Gasteiger partial charge is 0.342 e. The summed E-state index contributed by atoms with van der Waals surface area (Å²) in [5.41, 5.74) is 0. The Kier molecular flexibility index (Phi) is 5.04. The van der Waals surface area contributed by atoms with Gasteiger partial charge in [-0.1, -0.05) is 32.1 Å². The van der Waals surface area contributed by atoms with Crippen LogP contribution >= 0.6 is 12.4 Å². The van der Waals surface area contributed by atoms with Crippen LogP contribution in [0.3, 0.4) is 0 Å². The summed E-state index contributed by atoms with van der Waals surface area (Å²) in [7, 11) is 2.08.